The number of hydrogen-bond acceptors (Lipinski definition) is 5. The minimum absolute atomic E-state index is 0.0258. The van der Waals surface area contributed by atoms with Gasteiger partial charge in [0.2, 0.25) is 0 Å². The minimum Gasteiger partial charge on any atom is -0.489 e. The Labute approximate surface area is 133 Å². The molecule has 0 aliphatic heterocycles. The van der Waals surface area contributed by atoms with E-state index in [4.69, 9.17) is 9.47 Å². The van der Waals surface area contributed by atoms with E-state index in [1.807, 2.05) is 0 Å². The molecule has 120 valence electrons. The predicted octanol–water partition coefficient (Wildman–Crippen LogP) is 3.74. The summed E-state index contributed by atoms with van der Waals surface area (Å²) in [5, 5.41) is 10.7. The number of rotatable bonds is 6. The van der Waals surface area contributed by atoms with E-state index in [0.29, 0.717) is 16.9 Å². The average Bonchev–Trinajstić information content (AvgIpc) is 2.53. The van der Waals surface area contributed by atoms with Gasteiger partial charge >= 0.3 is 5.97 Å². The second kappa shape index (κ2) is 7.40. The van der Waals surface area contributed by atoms with Crippen LogP contribution in [0.15, 0.2) is 48.5 Å². The van der Waals surface area contributed by atoms with Gasteiger partial charge in [-0.15, -0.1) is 0 Å². The summed E-state index contributed by atoms with van der Waals surface area (Å²) in [5.74, 6) is 0.183. The molecule has 0 saturated heterocycles. The number of carbonyl (C=O) groups excluding carboxylic acids is 1. The molecule has 0 aliphatic carbocycles. The predicted molar refractivity (Wildman–Crippen MR) is 84.4 cm³/mol. The van der Waals surface area contributed by atoms with Crippen LogP contribution in [-0.2, 0) is 11.3 Å². The first-order valence-corrected chi connectivity index (χ1v) is 7.13. The van der Waals surface area contributed by atoms with Crippen molar-refractivity contribution in [2.75, 3.05) is 0 Å². The average molecular weight is 315 g/mol. The quantitative estimate of drug-likeness (QED) is 0.461. The normalized spacial score (nSPS) is 10.4. The lowest BCUT2D eigenvalue weighted by molar-refractivity contribution is -0.384. The van der Waals surface area contributed by atoms with Crippen molar-refractivity contribution in [3.63, 3.8) is 0 Å². The van der Waals surface area contributed by atoms with E-state index in [9.17, 15) is 14.9 Å². The van der Waals surface area contributed by atoms with Gasteiger partial charge < -0.3 is 9.47 Å². The standard InChI is InChI=1S/C17H17NO5/c1-12(2)23-17(19)14-6-8-16(9-7-14)22-11-13-4-3-5-15(10-13)18(20)21/h3-10,12H,11H2,1-2H3. The fourth-order valence-corrected chi connectivity index (χ4v) is 1.90. The minimum atomic E-state index is -0.446. The third-order valence-electron chi connectivity index (χ3n) is 2.96. The maximum Gasteiger partial charge on any atom is 0.338 e. The van der Waals surface area contributed by atoms with E-state index in [-0.39, 0.29) is 24.4 Å². The van der Waals surface area contributed by atoms with Crippen molar-refractivity contribution in [3.05, 3.63) is 69.8 Å². The Morgan fingerprint density at radius 1 is 1.17 bits per heavy atom. The number of non-ortho nitro benzene ring substituents is 1. The summed E-state index contributed by atoms with van der Waals surface area (Å²) in [6, 6.07) is 12.8. The number of carbonyl (C=O) groups is 1. The topological polar surface area (TPSA) is 78.7 Å². The molecule has 0 unspecified atom stereocenters. The van der Waals surface area contributed by atoms with E-state index < -0.39 is 4.92 Å². The van der Waals surface area contributed by atoms with Crippen molar-refractivity contribution >= 4 is 11.7 Å². The number of nitro groups is 1. The Morgan fingerprint density at radius 2 is 1.87 bits per heavy atom. The lowest BCUT2D eigenvalue weighted by atomic mass is 10.2. The molecular weight excluding hydrogens is 298 g/mol. The van der Waals surface area contributed by atoms with E-state index in [1.54, 1.807) is 50.2 Å². The maximum atomic E-state index is 11.7. The van der Waals surface area contributed by atoms with Gasteiger partial charge in [-0.05, 0) is 43.7 Å². The molecule has 0 amide bonds. The Morgan fingerprint density at radius 3 is 2.48 bits per heavy atom. The molecule has 0 fully saturated rings. The van der Waals surface area contributed by atoms with Gasteiger partial charge in [0.05, 0.1) is 16.6 Å². The molecule has 0 atom stereocenters. The third kappa shape index (κ3) is 4.81. The molecule has 2 aromatic carbocycles. The number of hydrogen-bond donors (Lipinski definition) is 0. The van der Waals surface area contributed by atoms with Gasteiger partial charge in [0.15, 0.2) is 0 Å². The van der Waals surface area contributed by atoms with Crippen LogP contribution in [0.3, 0.4) is 0 Å². The fourth-order valence-electron chi connectivity index (χ4n) is 1.90. The molecule has 0 heterocycles. The Kier molecular flexibility index (Phi) is 5.30. The zero-order valence-electron chi connectivity index (χ0n) is 12.9. The van der Waals surface area contributed by atoms with Gasteiger partial charge in [0.1, 0.15) is 12.4 Å². The zero-order valence-corrected chi connectivity index (χ0v) is 12.9. The summed E-state index contributed by atoms with van der Waals surface area (Å²) in [6.07, 6.45) is -0.174. The molecule has 6 nitrogen and oxygen atoms in total. The molecular formula is C17H17NO5. The molecule has 0 N–H and O–H groups in total. The third-order valence-corrected chi connectivity index (χ3v) is 2.96. The molecule has 2 rings (SSSR count). The van der Waals surface area contributed by atoms with Crippen LogP contribution < -0.4 is 4.74 Å². The lowest BCUT2D eigenvalue weighted by Gasteiger charge is -2.09. The smallest absolute Gasteiger partial charge is 0.338 e. The first-order valence-electron chi connectivity index (χ1n) is 7.13. The summed E-state index contributed by atoms with van der Waals surface area (Å²) in [6.45, 7) is 3.78. The van der Waals surface area contributed by atoms with Crippen LogP contribution in [-0.4, -0.2) is 17.0 Å². The van der Waals surface area contributed by atoms with Crippen LogP contribution in [0.4, 0.5) is 5.69 Å². The molecule has 0 saturated carbocycles. The van der Waals surface area contributed by atoms with Crippen molar-refractivity contribution in [1.29, 1.82) is 0 Å². The Bertz CT molecular complexity index is 694. The van der Waals surface area contributed by atoms with Crippen LogP contribution in [0.1, 0.15) is 29.8 Å². The monoisotopic (exact) mass is 315 g/mol. The summed E-state index contributed by atoms with van der Waals surface area (Å²) < 4.78 is 10.7. The van der Waals surface area contributed by atoms with Crippen LogP contribution in [0.5, 0.6) is 5.75 Å². The van der Waals surface area contributed by atoms with Gasteiger partial charge in [0.25, 0.3) is 5.69 Å². The van der Waals surface area contributed by atoms with Crippen LogP contribution in [0, 0.1) is 10.1 Å². The molecule has 0 radical (unpaired) electrons. The Balaban J connectivity index is 1.97. The second-order valence-electron chi connectivity index (χ2n) is 5.19. The number of ether oxygens (including phenoxy) is 2. The molecule has 0 aromatic heterocycles. The zero-order chi connectivity index (χ0) is 16.8. The molecule has 23 heavy (non-hydrogen) atoms. The maximum absolute atomic E-state index is 11.7. The highest BCUT2D eigenvalue weighted by molar-refractivity contribution is 5.89. The summed E-state index contributed by atoms with van der Waals surface area (Å²) in [7, 11) is 0. The summed E-state index contributed by atoms with van der Waals surface area (Å²) >= 11 is 0. The van der Waals surface area contributed by atoms with Crippen LogP contribution in [0.25, 0.3) is 0 Å². The van der Waals surface area contributed by atoms with Crippen molar-refractivity contribution < 1.29 is 19.2 Å². The van der Waals surface area contributed by atoms with Gasteiger partial charge in [-0.2, -0.15) is 0 Å². The van der Waals surface area contributed by atoms with E-state index >= 15 is 0 Å². The van der Waals surface area contributed by atoms with Crippen molar-refractivity contribution in [3.8, 4) is 5.75 Å². The van der Waals surface area contributed by atoms with Crippen molar-refractivity contribution in [1.82, 2.24) is 0 Å². The van der Waals surface area contributed by atoms with Crippen LogP contribution in [0.2, 0.25) is 0 Å². The molecule has 6 heteroatoms. The first-order chi connectivity index (χ1) is 11.0. The highest BCUT2D eigenvalue weighted by Crippen LogP contribution is 2.17. The molecule has 0 spiro atoms. The van der Waals surface area contributed by atoms with Gasteiger partial charge in [0, 0.05) is 12.1 Å². The van der Waals surface area contributed by atoms with E-state index in [1.165, 1.54) is 12.1 Å². The largest absolute Gasteiger partial charge is 0.489 e. The number of esters is 1. The number of benzene rings is 2. The highest BCUT2D eigenvalue weighted by Gasteiger charge is 2.09. The van der Waals surface area contributed by atoms with Gasteiger partial charge in [-0.3, -0.25) is 10.1 Å². The summed E-state index contributed by atoms with van der Waals surface area (Å²) in [4.78, 5) is 22.0. The first kappa shape index (κ1) is 16.5. The summed E-state index contributed by atoms with van der Waals surface area (Å²) in [5.41, 5.74) is 1.17. The lowest BCUT2D eigenvalue weighted by Crippen LogP contribution is -2.11. The van der Waals surface area contributed by atoms with E-state index in [0.717, 1.165) is 0 Å². The molecule has 0 bridgehead atoms. The van der Waals surface area contributed by atoms with Gasteiger partial charge in [-0.25, -0.2) is 4.79 Å². The van der Waals surface area contributed by atoms with Crippen molar-refractivity contribution in [2.45, 2.75) is 26.6 Å². The second-order valence-corrected chi connectivity index (χ2v) is 5.19. The van der Waals surface area contributed by atoms with Crippen molar-refractivity contribution in [2.24, 2.45) is 0 Å². The van der Waals surface area contributed by atoms with E-state index in [2.05, 4.69) is 0 Å². The number of nitro benzene ring substituents is 1. The molecule has 2 aromatic rings. The van der Waals surface area contributed by atoms with Crippen LogP contribution >= 0.6 is 0 Å². The molecule has 0 aliphatic rings. The Hall–Kier alpha value is -2.89. The number of nitrogens with zero attached hydrogens (tertiary/aromatic N) is 1. The highest BCUT2D eigenvalue weighted by atomic mass is 16.6. The SMILES string of the molecule is CC(C)OC(=O)c1ccc(OCc2cccc([N+](=O)[O-])c2)cc1. The van der Waals surface area contributed by atoms with Gasteiger partial charge in [-0.1, -0.05) is 12.1 Å². The fraction of sp³-hybridized carbons (Fsp3) is 0.235.